The Hall–Kier alpha value is -2.10. The van der Waals surface area contributed by atoms with Crippen molar-refractivity contribution in [1.82, 2.24) is 4.98 Å². The number of aromatic nitrogens is 1. The van der Waals surface area contributed by atoms with E-state index in [4.69, 9.17) is 0 Å². The molecule has 2 heterocycles. The monoisotopic (exact) mass is 255 g/mol. The predicted molar refractivity (Wildman–Crippen MR) is 77.5 cm³/mol. The van der Waals surface area contributed by atoms with Crippen molar-refractivity contribution < 1.29 is 4.79 Å². The van der Waals surface area contributed by atoms with Crippen molar-refractivity contribution in [3.63, 3.8) is 0 Å². The van der Waals surface area contributed by atoms with E-state index in [-0.39, 0.29) is 5.91 Å². The van der Waals surface area contributed by atoms with Crippen LogP contribution in [-0.4, -0.2) is 24.5 Å². The highest BCUT2D eigenvalue weighted by Gasteiger charge is 2.20. The average Bonchev–Trinajstić information content (AvgIpc) is 2.46. The molecule has 1 saturated heterocycles. The molecule has 0 aliphatic carbocycles. The molecule has 1 fully saturated rings. The lowest BCUT2D eigenvalue weighted by Crippen LogP contribution is -2.35. The zero-order chi connectivity index (χ0) is 13.2. The van der Waals surface area contributed by atoms with Gasteiger partial charge in [-0.2, -0.15) is 0 Å². The van der Waals surface area contributed by atoms with Gasteiger partial charge in [-0.1, -0.05) is 6.07 Å². The second kappa shape index (κ2) is 4.88. The summed E-state index contributed by atoms with van der Waals surface area (Å²) in [6.07, 6.45) is 4.53. The van der Waals surface area contributed by atoms with E-state index in [1.54, 1.807) is 4.90 Å². The van der Waals surface area contributed by atoms with Gasteiger partial charge >= 0.3 is 0 Å². The first-order chi connectivity index (χ1) is 9.28. The van der Waals surface area contributed by atoms with Crippen LogP contribution in [0, 0.1) is 0 Å². The molecule has 0 unspecified atom stereocenters. The Labute approximate surface area is 112 Å². The molecule has 4 heteroatoms. The number of nitrogens with zero attached hydrogens (tertiary/aromatic N) is 2. The summed E-state index contributed by atoms with van der Waals surface area (Å²) >= 11 is 0. The number of hydrogen-bond acceptors (Lipinski definition) is 3. The zero-order valence-corrected chi connectivity index (χ0v) is 11.0. The smallest absolute Gasteiger partial charge is 0.228 e. The molecule has 0 spiro atoms. The van der Waals surface area contributed by atoms with Crippen molar-refractivity contribution in [2.45, 2.75) is 19.3 Å². The lowest BCUT2D eigenvalue weighted by atomic mass is 10.1. The van der Waals surface area contributed by atoms with Crippen LogP contribution in [0.5, 0.6) is 0 Å². The second-order valence-corrected chi connectivity index (χ2v) is 4.86. The van der Waals surface area contributed by atoms with E-state index in [1.807, 2.05) is 25.4 Å². The molecular weight excluding hydrogens is 238 g/mol. The Morgan fingerprint density at radius 2 is 2.11 bits per heavy atom. The van der Waals surface area contributed by atoms with Crippen molar-refractivity contribution >= 4 is 28.2 Å². The molecule has 0 atom stereocenters. The van der Waals surface area contributed by atoms with Crippen LogP contribution >= 0.6 is 0 Å². The molecule has 1 aliphatic rings. The minimum Gasteiger partial charge on any atom is -0.388 e. The Balaban J connectivity index is 1.99. The van der Waals surface area contributed by atoms with Crippen LogP contribution in [0.25, 0.3) is 10.8 Å². The Kier molecular flexibility index (Phi) is 3.07. The first-order valence-electron chi connectivity index (χ1n) is 6.66. The van der Waals surface area contributed by atoms with Gasteiger partial charge in [-0.15, -0.1) is 0 Å². The maximum atomic E-state index is 11.9. The van der Waals surface area contributed by atoms with Gasteiger partial charge in [0.05, 0.1) is 0 Å². The average molecular weight is 255 g/mol. The van der Waals surface area contributed by atoms with Gasteiger partial charge in [0.2, 0.25) is 5.91 Å². The third-order valence-electron chi connectivity index (χ3n) is 3.60. The number of benzene rings is 1. The summed E-state index contributed by atoms with van der Waals surface area (Å²) in [5.74, 6) is 0.958. The van der Waals surface area contributed by atoms with Crippen molar-refractivity contribution in [3.05, 3.63) is 30.5 Å². The Bertz CT molecular complexity index is 624. The standard InChI is InChI=1S/C15H17N3O/c1-16-13-6-5-11-9-14(17-10-12(11)8-13)18-7-3-2-4-15(18)19/h5-6,8-10,16H,2-4,7H2,1H3. The van der Waals surface area contributed by atoms with Crippen LogP contribution in [0.1, 0.15) is 19.3 Å². The quantitative estimate of drug-likeness (QED) is 0.897. The Morgan fingerprint density at radius 3 is 2.89 bits per heavy atom. The number of piperidine rings is 1. The van der Waals surface area contributed by atoms with Gasteiger partial charge < -0.3 is 5.32 Å². The predicted octanol–water partition coefficient (Wildman–Crippen LogP) is 2.79. The van der Waals surface area contributed by atoms with E-state index in [2.05, 4.69) is 22.4 Å². The van der Waals surface area contributed by atoms with Crippen LogP contribution in [0.3, 0.4) is 0 Å². The largest absolute Gasteiger partial charge is 0.388 e. The fraction of sp³-hybridized carbons (Fsp3) is 0.333. The lowest BCUT2D eigenvalue weighted by molar-refractivity contribution is -0.119. The highest BCUT2D eigenvalue weighted by molar-refractivity contribution is 5.95. The minimum absolute atomic E-state index is 0.185. The number of fused-ring (bicyclic) bond motifs is 1. The minimum atomic E-state index is 0.185. The molecule has 1 aliphatic heterocycles. The van der Waals surface area contributed by atoms with E-state index >= 15 is 0 Å². The van der Waals surface area contributed by atoms with E-state index < -0.39 is 0 Å². The number of carbonyl (C=O) groups is 1. The molecule has 0 saturated carbocycles. The maximum Gasteiger partial charge on any atom is 0.228 e. The zero-order valence-electron chi connectivity index (χ0n) is 11.0. The van der Waals surface area contributed by atoms with Gasteiger partial charge in [-0.25, -0.2) is 4.98 Å². The van der Waals surface area contributed by atoms with E-state index in [9.17, 15) is 4.79 Å². The van der Waals surface area contributed by atoms with Gasteiger partial charge in [0, 0.05) is 37.3 Å². The third-order valence-corrected chi connectivity index (χ3v) is 3.60. The van der Waals surface area contributed by atoms with Crippen molar-refractivity contribution in [2.24, 2.45) is 0 Å². The molecule has 0 radical (unpaired) electrons. The number of pyridine rings is 1. The van der Waals surface area contributed by atoms with Crippen LogP contribution < -0.4 is 10.2 Å². The number of anilines is 2. The SMILES string of the molecule is CNc1ccc2cc(N3CCCCC3=O)ncc2c1. The summed E-state index contributed by atoms with van der Waals surface area (Å²) in [6, 6.07) is 8.15. The van der Waals surface area contributed by atoms with Crippen LogP contribution in [0.2, 0.25) is 0 Å². The number of carbonyl (C=O) groups excluding carboxylic acids is 1. The molecule has 1 N–H and O–H groups in total. The second-order valence-electron chi connectivity index (χ2n) is 4.86. The Morgan fingerprint density at radius 1 is 1.21 bits per heavy atom. The number of hydrogen-bond donors (Lipinski definition) is 1. The molecule has 1 aromatic carbocycles. The molecule has 4 nitrogen and oxygen atoms in total. The fourth-order valence-corrected chi connectivity index (χ4v) is 2.48. The molecule has 3 rings (SSSR count). The van der Waals surface area contributed by atoms with E-state index in [1.165, 1.54) is 0 Å². The van der Waals surface area contributed by atoms with Crippen molar-refractivity contribution in [3.8, 4) is 0 Å². The lowest BCUT2D eigenvalue weighted by Gasteiger charge is -2.25. The van der Waals surface area contributed by atoms with Gasteiger partial charge in [0.1, 0.15) is 5.82 Å². The van der Waals surface area contributed by atoms with Gasteiger partial charge in [0.15, 0.2) is 0 Å². The van der Waals surface area contributed by atoms with Crippen LogP contribution in [-0.2, 0) is 4.79 Å². The van der Waals surface area contributed by atoms with Gasteiger partial charge in [0.25, 0.3) is 0 Å². The molecule has 98 valence electrons. The summed E-state index contributed by atoms with van der Waals surface area (Å²) < 4.78 is 0. The van der Waals surface area contributed by atoms with Crippen molar-refractivity contribution in [2.75, 3.05) is 23.8 Å². The molecule has 1 amide bonds. The summed E-state index contributed by atoms with van der Waals surface area (Å²) in [5.41, 5.74) is 1.07. The normalized spacial score (nSPS) is 15.8. The number of rotatable bonds is 2. The highest BCUT2D eigenvalue weighted by atomic mass is 16.2. The van der Waals surface area contributed by atoms with Gasteiger partial charge in [-0.3, -0.25) is 9.69 Å². The number of amides is 1. The molecule has 2 aromatic rings. The topological polar surface area (TPSA) is 45.2 Å². The summed E-state index contributed by atoms with van der Waals surface area (Å²) in [7, 11) is 1.90. The van der Waals surface area contributed by atoms with Crippen molar-refractivity contribution in [1.29, 1.82) is 0 Å². The van der Waals surface area contributed by atoms with E-state index in [0.29, 0.717) is 6.42 Å². The molecule has 1 aromatic heterocycles. The first-order valence-corrected chi connectivity index (χ1v) is 6.66. The fourth-order valence-electron chi connectivity index (χ4n) is 2.48. The highest BCUT2D eigenvalue weighted by Crippen LogP contribution is 2.24. The summed E-state index contributed by atoms with van der Waals surface area (Å²) in [4.78, 5) is 18.1. The third kappa shape index (κ3) is 2.26. The first kappa shape index (κ1) is 12.0. The maximum absolute atomic E-state index is 11.9. The molecular formula is C15H17N3O. The summed E-state index contributed by atoms with van der Waals surface area (Å²) in [5, 5.41) is 5.31. The van der Waals surface area contributed by atoms with Crippen LogP contribution in [0.4, 0.5) is 11.5 Å². The van der Waals surface area contributed by atoms with Crippen LogP contribution in [0.15, 0.2) is 30.5 Å². The van der Waals surface area contributed by atoms with Gasteiger partial charge in [-0.05, 0) is 36.4 Å². The van der Waals surface area contributed by atoms with E-state index in [0.717, 1.165) is 41.7 Å². The molecule has 0 bridgehead atoms. The molecule has 19 heavy (non-hydrogen) atoms. The summed E-state index contributed by atoms with van der Waals surface area (Å²) in [6.45, 7) is 0.784. The number of nitrogens with one attached hydrogen (secondary N) is 1.